The van der Waals surface area contributed by atoms with Crippen LogP contribution < -0.4 is 4.74 Å². The zero-order valence-electron chi connectivity index (χ0n) is 13.5. The van der Waals surface area contributed by atoms with Crippen LogP contribution in [0.2, 0.25) is 0 Å². The molecular formula is C19H20F3NO. The Morgan fingerprint density at radius 2 is 1.50 bits per heavy atom. The smallest absolute Gasteiger partial charge is 0.416 e. The van der Waals surface area contributed by atoms with Crippen molar-refractivity contribution in [2.24, 2.45) is 0 Å². The van der Waals surface area contributed by atoms with Crippen molar-refractivity contribution in [2.45, 2.75) is 24.6 Å². The Hall–Kier alpha value is -2.01. The molecule has 5 heteroatoms. The third kappa shape index (κ3) is 3.56. The first-order valence-corrected chi connectivity index (χ1v) is 7.99. The maximum Gasteiger partial charge on any atom is 0.416 e. The van der Waals surface area contributed by atoms with Gasteiger partial charge in [-0.1, -0.05) is 30.3 Å². The van der Waals surface area contributed by atoms with Gasteiger partial charge in [0.15, 0.2) is 0 Å². The van der Waals surface area contributed by atoms with Crippen LogP contribution in [0, 0.1) is 0 Å². The topological polar surface area (TPSA) is 12.5 Å². The van der Waals surface area contributed by atoms with Crippen molar-refractivity contribution in [3.05, 3.63) is 65.7 Å². The van der Waals surface area contributed by atoms with Crippen LogP contribution >= 0.6 is 0 Å². The first-order chi connectivity index (χ1) is 11.4. The van der Waals surface area contributed by atoms with Gasteiger partial charge in [0.25, 0.3) is 0 Å². The summed E-state index contributed by atoms with van der Waals surface area (Å²) in [5.74, 6) is 0.469. The molecule has 0 radical (unpaired) electrons. The number of rotatable bonds is 3. The number of hydrogen-bond acceptors (Lipinski definition) is 2. The summed E-state index contributed by atoms with van der Waals surface area (Å²) in [6.07, 6.45) is -2.73. The zero-order chi connectivity index (χ0) is 17.2. The van der Waals surface area contributed by atoms with E-state index in [-0.39, 0.29) is 0 Å². The van der Waals surface area contributed by atoms with Crippen molar-refractivity contribution in [3.63, 3.8) is 0 Å². The van der Waals surface area contributed by atoms with Crippen LogP contribution in [0.15, 0.2) is 54.6 Å². The van der Waals surface area contributed by atoms with Gasteiger partial charge in [0, 0.05) is 25.9 Å². The van der Waals surface area contributed by atoms with Gasteiger partial charge < -0.3 is 9.64 Å². The second-order valence-corrected chi connectivity index (χ2v) is 6.29. The van der Waals surface area contributed by atoms with E-state index in [1.807, 2.05) is 30.3 Å². The summed E-state index contributed by atoms with van der Waals surface area (Å²) in [6, 6.07) is 14.9. The summed E-state index contributed by atoms with van der Waals surface area (Å²) in [6.45, 7) is 1.77. The summed E-state index contributed by atoms with van der Waals surface area (Å²) in [5.41, 5.74) is -0.0851. The molecule has 0 bridgehead atoms. The van der Waals surface area contributed by atoms with Crippen LogP contribution in [-0.2, 0) is 11.8 Å². The van der Waals surface area contributed by atoms with Gasteiger partial charge in [0.2, 0.25) is 0 Å². The highest BCUT2D eigenvalue weighted by Crippen LogP contribution is 2.38. The minimum Gasteiger partial charge on any atom is -0.482 e. The van der Waals surface area contributed by atoms with Gasteiger partial charge in [-0.15, -0.1) is 0 Å². The number of ether oxygens (including phenoxy) is 1. The average Bonchev–Trinajstić information content (AvgIpc) is 2.58. The van der Waals surface area contributed by atoms with Gasteiger partial charge in [-0.2, -0.15) is 13.2 Å². The molecule has 2 aromatic carbocycles. The molecule has 1 heterocycles. The monoisotopic (exact) mass is 335 g/mol. The molecule has 1 aliphatic rings. The molecule has 1 aliphatic heterocycles. The van der Waals surface area contributed by atoms with Crippen molar-refractivity contribution in [1.29, 1.82) is 0 Å². The summed E-state index contributed by atoms with van der Waals surface area (Å²) >= 11 is 0. The molecule has 2 aromatic rings. The largest absolute Gasteiger partial charge is 0.482 e. The van der Waals surface area contributed by atoms with E-state index < -0.39 is 17.3 Å². The van der Waals surface area contributed by atoms with E-state index in [1.165, 1.54) is 12.1 Å². The molecule has 0 unspecified atom stereocenters. The molecule has 2 nitrogen and oxygen atoms in total. The number of piperidine rings is 1. The number of benzene rings is 2. The van der Waals surface area contributed by atoms with E-state index in [2.05, 4.69) is 11.9 Å². The van der Waals surface area contributed by atoms with Crippen LogP contribution in [0.4, 0.5) is 13.2 Å². The van der Waals surface area contributed by atoms with Crippen molar-refractivity contribution in [1.82, 2.24) is 4.90 Å². The molecule has 0 spiro atoms. The molecule has 1 fully saturated rings. The van der Waals surface area contributed by atoms with Gasteiger partial charge >= 0.3 is 6.18 Å². The fourth-order valence-electron chi connectivity index (χ4n) is 3.11. The van der Waals surface area contributed by atoms with E-state index in [0.717, 1.165) is 43.6 Å². The van der Waals surface area contributed by atoms with Crippen molar-refractivity contribution in [3.8, 4) is 5.75 Å². The van der Waals surface area contributed by atoms with Gasteiger partial charge in [-0.25, -0.2) is 0 Å². The predicted octanol–water partition coefficient (Wildman–Crippen LogP) is 4.71. The van der Waals surface area contributed by atoms with Crippen LogP contribution in [0.3, 0.4) is 0 Å². The normalized spacial score (nSPS) is 18.3. The fraction of sp³-hybridized carbons (Fsp3) is 0.368. The minimum absolute atomic E-state index is 0.469. The van der Waals surface area contributed by atoms with Crippen LogP contribution in [-0.4, -0.2) is 25.0 Å². The highest BCUT2D eigenvalue weighted by atomic mass is 19.4. The second-order valence-electron chi connectivity index (χ2n) is 6.29. The maximum atomic E-state index is 12.7. The first kappa shape index (κ1) is 16.8. The highest BCUT2D eigenvalue weighted by molar-refractivity contribution is 5.32. The van der Waals surface area contributed by atoms with Gasteiger partial charge in [0.1, 0.15) is 11.4 Å². The highest BCUT2D eigenvalue weighted by Gasteiger charge is 2.38. The molecule has 0 saturated carbocycles. The third-order valence-electron chi connectivity index (χ3n) is 4.59. The minimum atomic E-state index is -4.33. The Morgan fingerprint density at radius 1 is 0.917 bits per heavy atom. The lowest BCUT2D eigenvalue weighted by molar-refractivity contribution is -0.137. The van der Waals surface area contributed by atoms with Gasteiger partial charge in [0.05, 0.1) is 5.56 Å². The van der Waals surface area contributed by atoms with Crippen LogP contribution in [0.5, 0.6) is 5.75 Å². The molecule has 0 aromatic heterocycles. The molecule has 0 atom stereocenters. The van der Waals surface area contributed by atoms with E-state index in [1.54, 1.807) is 0 Å². The van der Waals surface area contributed by atoms with Crippen LogP contribution in [0.25, 0.3) is 0 Å². The molecule has 0 N–H and O–H groups in total. The van der Waals surface area contributed by atoms with Crippen molar-refractivity contribution in [2.75, 3.05) is 20.1 Å². The van der Waals surface area contributed by atoms with Crippen molar-refractivity contribution >= 4 is 0 Å². The molecule has 1 saturated heterocycles. The summed E-state index contributed by atoms with van der Waals surface area (Å²) in [5, 5.41) is 0. The maximum absolute atomic E-state index is 12.7. The Morgan fingerprint density at radius 3 is 2.04 bits per heavy atom. The number of hydrogen-bond donors (Lipinski definition) is 0. The second kappa shape index (κ2) is 6.48. The SMILES string of the molecule is CN1CCC(Oc2ccc(C(F)(F)F)cc2)(c2ccccc2)CC1. The quantitative estimate of drug-likeness (QED) is 0.806. The molecule has 24 heavy (non-hydrogen) atoms. The van der Waals surface area contributed by atoms with E-state index in [9.17, 15) is 13.2 Å². The number of halogens is 3. The van der Waals surface area contributed by atoms with Gasteiger partial charge in [-0.05, 0) is 36.9 Å². The fourth-order valence-corrected chi connectivity index (χ4v) is 3.11. The Bertz CT molecular complexity index is 659. The van der Waals surface area contributed by atoms with E-state index >= 15 is 0 Å². The summed E-state index contributed by atoms with van der Waals surface area (Å²) in [7, 11) is 2.06. The predicted molar refractivity (Wildman–Crippen MR) is 86.9 cm³/mol. The average molecular weight is 335 g/mol. The molecule has 0 aliphatic carbocycles. The Labute approximate surface area is 139 Å². The molecule has 0 amide bonds. The van der Waals surface area contributed by atoms with E-state index in [4.69, 9.17) is 4.74 Å². The van der Waals surface area contributed by atoms with Crippen molar-refractivity contribution < 1.29 is 17.9 Å². The Balaban J connectivity index is 1.87. The standard InChI is InChI=1S/C19H20F3NO/c1-23-13-11-18(12-14-23,15-5-3-2-4-6-15)24-17-9-7-16(8-10-17)19(20,21)22/h2-10H,11-14H2,1H3. The lowest BCUT2D eigenvalue weighted by Gasteiger charge is -2.41. The van der Waals surface area contributed by atoms with E-state index in [0.29, 0.717) is 5.75 Å². The zero-order valence-corrected chi connectivity index (χ0v) is 13.5. The number of alkyl halides is 3. The summed E-state index contributed by atoms with van der Waals surface area (Å²) < 4.78 is 44.4. The number of nitrogens with zero attached hydrogens (tertiary/aromatic N) is 1. The van der Waals surface area contributed by atoms with Gasteiger partial charge in [-0.3, -0.25) is 0 Å². The van der Waals surface area contributed by atoms with Crippen LogP contribution in [0.1, 0.15) is 24.0 Å². The first-order valence-electron chi connectivity index (χ1n) is 7.99. The number of likely N-dealkylation sites (tertiary alicyclic amines) is 1. The summed E-state index contributed by atoms with van der Waals surface area (Å²) in [4.78, 5) is 2.23. The Kier molecular flexibility index (Phi) is 4.54. The molecular weight excluding hydrogens is 315 g/mol. The lowest BCUT2D eigenvalue weighted by atomic mass is 9.84. The molecule has 128 valence electrons. The molecule has 3 rings (SSSR count). The third-order valence-corrected chi connectivity index (χ3v) is 4.59. The lowest BCUT2D eigenvalue weighted by Crippen LogP contribution is -2.44.